The molecule has 0 aromatic carbocycles. The lowest BCUT2D eigenvalue weighted by molar-refractivity contribution is -0.136. The number of hydrogen-bond acceptors (Lipinski definition) is 3. The van der Waals surface area contributed by atoms with Gasteiger partial charge in [0.2, 0.25) is 11.8 Å². The number of piperidine rings is 2. The molecule has 0 bridgehead atoms. The average Bonchev–Trinajstić information content (AvgIpc) is 2.61. The highest BCUT2D eigenvalue weighted by atomic mass is 35.5. The number of nitrogens with zero attached hydrogens (tertiary/aromatic N) is 1. The first-order valence-corrected chi connectivity index (χ1v) is 9.47. The number of carbonyl (C=O) groups is 2. The molecule has 0 saturated carbocycles. The predicted molar refractivity (Wildman–Crippen MR) is 99.3 cm³/mol. The SMILES string of the molecule is CCCCNC(=O)C1CCCN(C(=O)CCC2CCNCC2)C1.Cl. The van der Waals surface area contributed by atoms with Crippen molar-refractivity contribution in [1.82, 2.24) is 15.5 Å². The third-order valence-electron chi connectivity index (χ3n) is 5.20. The zero-order chi connectivity index (χ0) is 16.5. The minimum Gasteiger partial charge on any atom is -0.356 e. The summed E-state index contributed by atoms with van der Waals surface area (Å²) < 4.78 is 0. The van der Waals surface area contributed by atoms with Gasteiger partial charge in [-0.05, 0) is 57.5 Å². The van der Waals surface area contributed by atoms with Gasteiger partial charge in [0.05, 0.1) is 5.92 Å². The highest BCUT2D eigenvalue weighted by molar-refractivity contribution is 5.85. The van der Waals surface area contributed by atoms with Crippen LogP contribution in [0.25, 0.3) is 0 Å². The van der Waals surface area contributed by atoms with Crippen LogP contribution in [-0.4, -0.2) is 49.4 Å². The summed E-state index contributed by atoms with van der Waals surface area (Å²) in [4.78, 5) is 26.6. The summed E-state index contributed by atoms with van der Waals surface area (Å²) in [6.45, 7) is 6.49. The maximum absolute atomic E-state index is 12.4. The Labute approximate surface area is 152 Å². The number of nitrogens with one attached hydrogen (secondary N) is 2. The number of likely N-dealkylation sites (tertiary alicyclic amines) is 1. The van der Waals surface area contributed by atoms with Gasteiger partial charge in [0.1, 0.15) is 0 Å². The lowest BCUT2D eigenvalue weighted by Gasteiger charge is -2.32. The van der Waals surface area contributed by atoms with Gasteiger partial charge in [-0.2, -0.15) is 0 Å². The van der Waals surface area contributed by atoms with Crippen LogP contribution >= 0.6 is 12.4 Å². The van der Waals surface area contributed by atoms with E-state index >= 15 is 0 Å². The van der Waals surface area contributed by atoms with Crippen molar-refractivity contribution < 1.29 is 9.59 Å². The molecule has 2 heterocycles. The van der Waals surface area contributed by atoms with Crippen LogP contribution in [0.5, 0.6) is 0 Å². The number of unbranched alkanes of at least 4 members (excludes halogenated alkanes) is 1. The average molecular weight is 360 g/mol. The van der Waals surface area contributed by atoms with E-state index in [1.807, 2.05) is 4.90 Å². The number of amides is 2. The molecule has 2 amide bonds. The van der Waals surface area contributed by atoms with Crippen molar-refractivity contribution in [2.24, 2.45) is 11.8 Å². The summed E-state index contributed by atoms with van der Waals surface area (Å²) >= 11 is 0. The highest BCUT2D eigenvalue weighted by Crippen LogP contribution is 2.21. The van der Waals surface area contributed by atoms with E-state index < -0.39 is 0 Å². The molecule has 2 aliphatic heterocycles. The first-order chi connectivity index (χ1) is 11.2. The first kappa shape index (κ1) is 21.2. The molecule has 140 valence electrons. The molecule has 0 spiro atoms. The molecule has 0 aromatic rings. The lowest BCUT2D eigenvalue weighted by Crippen LogP contribution is -2.45. The summed E-state index contributed by atoms with van der Waals surface area (Å²) in [6.07, 6.45) is 8.01. The topological polar surface area (TPSA) is 61.4 Å². The van der Waals surface area contributed by atoms with E-state index in [1.165, 1.54) is 12.8 Å². The van der Waals surface area contributed by atoms with Crippen LogP contribution in [0.15, 0.2) is 0 Å². The molecule has 2 fully saturated rings. The van der Waals surface area contributed by atoms with Crippen molar-refractivity contribution in [2.75, 3.05) is 32.7 Å². The van der Waals surface area contributed by atoms with Gasteiger partial charge in [-0.3, -0.25) is 9.59 Å². The minimum atomic E-state index is -0.0107. The molecular formula is C18H34ClN3O2. The van der Waals surface area contributed by atoms with Crippen molar-refractivity contribution in [3.63, 3.8) is 0 Å². The number of carbonyl (C=O) groups excluding carboxylic acids is 2. The molecule has 2 aliphatic rings. The molecule has 1 unspecified atom stereocenters. The van der Waals surface area contributed by atoms with E-state index in [1.54, 1.807) is 0 Å². The largest absolute Gasteiger partial charge is 0.356 e. The fraction of sp³-hybridized carbons (Fsp3) is 0.889. The van der Waals surface area contributed by atoms with Crippen LogP contribution in [0.2, 0.25) is 0 Å². The Kier molecular flexibility index (Phi) is 10.3. The smallest absolute Gasteiger partial charge is 0.224 e. The van der Waals surface area contributed by atoms with Crippen molar-refractivity contribution in [3.8, 4) is 0 Å². The summed E-state index contributed by atoms with van der Waals surface area (Å²) in [5.74, 6) is 1.06. The summed E-state index contributed by atoms with van der Waals surface area (Å²) in [6, 6.07) is 0. The Hall–Kier alpha value is -0.810. The normalized spacial score (nSPS) is 21.9. The van der Waals surface area contributed by atoms with E-state index in [9.17, 15) is 9.59 Å². The quantitative estimate of drug-likeness (QED) is 0.686. The van der Waals surface area contributed by atoms with Crippen LogP contribution in [-0.2, 0) is 9.59 Å². The molecule has 6 heteroatoms. The van der Waals surface area contributed by atoms with E-state index in [-0.39, 0.29) is 30.1 Å². The van der Waals surface area contributed by atoms with Crippen LogP contribution in [0.4, 0.5) is 0 Å². The fourth-order valence-electron chi connectivity index (χ4n) is 3.61. The van der Waals surface area contributed by atoms with Crippen molar-refractivity contribution in [2.45, 2.75) is 58.3 Å². The standard InChI is InChI=1S/C18H33N3O2.ClH/c1-2-3-10-20-18(23)16-5-4-13-21(14-16)17(22)7-6-15-8-11-19-12-9-15;/h15-16,19H,2-14H2,1H3,(H,20,23);1H. The summed E-state index contributed by atoms with van der Waals surface area (Å²) in [7, 11) is 0. The van der Waals surface area contributed by atoms with E-state index in [4.69, 9.17) is 0 Å². The number of hydrogen-bond donors (Lipinski definition) is 2. The van der Waals surface area contributed by atoms with Crippen molar-refractivity contribution >= 4 is 24.2 Å². The first-order valence-electron chi connectivity index (χ1n) is 9.47. The molecule has 0 aliphatic carbocycles. The Morgan fingerprint density at radius 3 is 2.67 bits per heavy atom. The number of halogens is 1. The molecule has 2 saturated heterocycles. The second-order valence-corrected chi connectivity index (χ2v) is 7.06. The Morgan fingerprint density at radius 2 is 1.96 bits per heavy atom. The third kappa shape index (κ3) is 6.98. The van der Waals surface area contributed by atoms with Gasteiger partial charge in [-0.15, -0.1) is 12.4 Å². The Morgan fingerprint density at radius 1 is 1.21 bits per heavy atom. The van der Waals surface area contributed by atoms with E-state index in [2.05, 4.69) is 17.6 Å². The second-order valence-electron chi connectivity index (χ2n) is 7.06. The van der Waals surface area contributed by atoms with Gasteiger partial charge in [-0.25, -0.2) is 0 Å². The van der Waals surface area contributed by atoms with Gasteiger partial charge in [0.25, 0.3) is 0 Å². The predicted octanol–water partition coefficient (Wildman–Crippen LogP) is 2.34. The molecule has 1 atom stereocenters. The summed E-state index contributed by atoms with van der Waals surface area (Å²) in [5, 5.41) is 6.38. The molecule has 5 nitrogen and oxygen atoms in total. The van der Waals surface area contributed by atoms with E-state index in [0.29, 0.717) is 18.9 Å². The molecular weight excluding hydrogens is 326 g/mol. The van der Waals surface area contributed by atoms with Crippen LogP contribution in [0.3, 0.4) is 0 Å². The maximum atomic E-state index is 12.4. The molecule has 2 rings (SSSR count). The minimum absolute atomic E-state index is 0. The molecule has 0 aromatic heterocycles. The highest BCUT2D eigenvalue weighted by Gasteiger charge is 2.28. The van der Waals surface area contributed by atoms with Gasteiger partial charge in [-0.1, -0.05) is 13.3 Å². The third-order valence-corrected chi connectivity index (χ3v) is 5.20. The van der Waals surface area contributed by atoms with Crippen LogP contribution in [0, 0.1) is 11.8 Å². The van der Waals surface area contributed by atoms with Gasteiger partial charge in [0.15, 0.2) is 0 Å². The van der Waals surface area contributed by atoms with Crippen LogP contribution in [0.1, 0.15) is 58.3 Å². The summed E-state index contributed by atoms with van der Waals surface area (Å²) in [5.41, 5.74) is 0. The van der Waals surface area contributed by atoms with Gasteiger partial charge >= 0.3 is 0 Å². The van der Waals surface area contributed by atoms with Crippen molar-refractivity contribution in [1.29, 1.82) is 0 Å². The number of rotatable bonds is 7. The van der Waals surface area contributed by atoms with Crippen molar-refractivity contribution in [3.05, 3.63) is 0 Å². The fourth-order valence-corrected chi connectivity index (χ4v) is 3.61. The van der Waals surface area contributed by atoms with Gasteiger partial charge in [0, 0.05) is 26.1 Å². The monoisotopic (exact) mass is 359 g/mol. The Bertz CT molecular complexity index is 386. The lowest BCUT2D eigenvalue weighted by atomic mass is 9.92. The van der Waals surface area contributed by atoms with Crippen LogP contribution < -0.4 is 10.6 Å². The molecule has 24 heavy (non-hydrogen) atoms. The second kappa shape index (κ2) is 11.7. The maximum Gasteiger partial charge on any atom is 0.224 e. The molecule has 2 N–H and O–H groups in total. The molecule has 0 radical (unpaired) electrons. The Balaban J connectivity index is 0.00000288. The van der Waals surface area contributed by atoms with Gasteiger partial charge < -0.3 is 15.5 Å². The van der Waals surface area contributed by atoms with E-state index in [0.717, 1.165) is 58.3 Å². The zero-order valence-electron chi connectivity index (χ0n) is 15.0. The zero-order valence-corrected chi connectivity index (χ0v) is 15.8.